The van der Waals surface area contributed by atoms with Crippen molar-refractivity contribution in [3.05, 3.63) is 155 Å². The van der Waals surface area contributed by atoms with Gasteiger partial charge in [-0.25, -0.2) is 18.1 Å². The third-order valence-electron chi connectivity index (χ3n) is 16.4. The Hall–Kier alpha value is -7.66. The van der Waals surface area contributed by atoms with Crippen molar-refractivity contribution < 1.29 is 54.8 Å². The van der Waals surface area contributed by atoms with Gasteiger partial charge in [0.1, 0.15) is 0 Å². The number of pyridine rings is 2. The standard InChI is InChI=1S/2C30H29F4N5O2/c2*1-17-26(38(3)37-36-17)20-15-23-25(35-16-20)21-9-10-22(29(2,40)30(32,33)34)24(31)28(21)39(23)27(18-7-5-4-6-8-18)19-11-13-41-14-12-19/h2*4-10,15-16,19,27,40H,11-14H2,1-3H3/t2*27-,29?/m11/s1. The molecule has 22 heteroatoms. The minimum atomic E-state index is -5.09. The van der Waals surface area contributed by atoms with Crippen LogP contribution < -0.4 is 0 Å². The molecule has 14 nitrogen and oxygen atoms in total. The number of aryl methyl sites for hydroxylation is 4. The molecule has 0 saturated carbocycles. The summed E-state index contributed by atoms with van der Waals surface area (Å²) in [7, 11) is 3.52. The van der Waals surface area contributed by atoms with Crippen molar-refractivity contribution >= 4 is 43.9 Å². The highest BCUT2D eigenvalue weighted by Gasteiger charge is 2.54. The molecule has 2 N–H and O–H groups in total. The number of rotatable bonds is 10. The molecule has 2 aliphatic rings. The first-order chi connectivity index (χ1) is 39.0. The molecule has 2 unspecified atom stereocenters. The fourth-order valence-corrected chi connectivity index (χ4v) is 12.1. The Morgan fingerprint density at radius 2 is 0.890 bits per heavy atom. The van der Waals surface area contributed by atoms with Gasteiger partial charge in [-0.05, 0) is 88.5 Å². The van der Waals surface area contributed by atoms with E-state index >= 15 is 8.78 Å². The van der Waals surface area contributed by atoms with Crippen LogP contribution in [0.15, 0.2) is 109 Å². The number of halogens is 8. The molecule has 2 fully saturated rings. The van der Waals surface area contributed by atoms with E-state index in [0.29, 0.717) is 121 Å². The van der Waals surface area contributed by atoms with E-state index in [9.17, 15) is 36.6 Å². The van der Waals surface area contributed by atoms with Gasteiger partial charge in [-0.2, -0.15) is 26.3 Å². The molecule has 2 aliphatic heterocycles. The van der Waals surface area contributed by atoms with Gasteiger partial charge in [-0.15, -0.1) is 10.2 Å². The summed E-state index contributed by atoms with van der Waals surface area (Å²) in [6, 6.07) is 26.8. The number of nitrogens with zero attached hydrogens (tertiary/aromatic N) is 10. The van der Waals surface area contributed by atoms with Crippen molar-refractivity contribution in [3.63, 3.8) is 0 Å². The van der Waals surface area contributed by atoms with Crippen LogP contribution in [0.1, 0.15) is 85.3 Å². The zero-order valence-electron chi connectivity index (χ0n) is 45.6. The van der Waals surface area contributed by atoms with Crippen LogP contribution in [-0.4, -0.2) is 98.1 Å². The summed E-state index contributed by atoms with van der Waals surface area (Å²) in [6.45, 7) is 6.87. The van der Waals surface area contributed by atoms with Crippen LogP contribution in [0, 0.1) is 37.3 Å². The van der Waals surface area contributed by atoms with E-state index in [1.165, 1.54) is 12.1 Å². The second-order valence-electron chi connectivity index (χ2n) is 21.6. The van der Waals surface area contributed by atoms with Gasteiger partial charge < -0.3 is 28.8 Å². The van der Waals surface area contributed by atoms with E-state index in [1.54, 1.807) is 45.0 Å². The zero-order valence-corrected chi connectivity index (χ0v) is 45.6. The number of fused-ring (bicyclic) bond motifs is 6. The van der Waals surface area contributed by atoms with Crippen molar-refractivity contribution in [3.8, 4) is 22.5 Å². The van der Waals surface area contributed by atoms with Crippen LogP contribution in [0.3, 0.4) is 0 Å². The molecule has 0 bridgehead atoms. The Kier molecular flexibility index (Phi) is 14.6. The summed E-state index contributed by atoms with van der Waals surface area (Å²) in [4.78, 5) is 9.41. The predicted octanol–water partition coefficient (Wildman–Crippen LogP) is 12.4. The van der Waals surface area contributed by atoms with E-state index in [-0.39, 0.29) is 22.9 Å². The highest BCUT2D eigenvalue weighted by Crippen LogP contribution is 2.48. The van der Waals surface area contributed by atoms with Crippen LogP contribution in [0.5, 0.6) is 0 Å². The van der Waals surface area contributed by atoms with Gasteiger partial charge in [-0.1, -0.05) is 95.4 Å². The summed E-state index contributed by atoms with van der Waals surface area (Å²) in [6.07, 6.45) is -4.18. The Balaban J connectivity index is 0.000000172. The summed E-state index contributed by atoms with van der Waals surface area (Å²) in [5.74, 6) is -2.26. The van der Waals surface area contributed by atoms with Crippen molar-refractivity contribution in [2.24, 2.45) is 25.9 Å². The van der Waals surface area contributed by atoms with Gasteiger partial charge in [0, 0.05) is 85.9 Å². The van der Waals surface area contributed by atoms with Crippen LogP contribution in [-0.2, 0) is 34.8 Å². The SMILES string of the molecule is Cc1nnn(C)c1-c1cnc2c3ccc(C(C)(O)C(F)(F)F)c(F)c3n([C@H](c3ccccc3)C3CCOCC3)c2c1.Cc1nnn(C)c1-c1cnc2c3ccc(C(C)(O)C(F)(F)F)c(F)c3n([C@H](c3ccccc3)C3CCOCC3)c2c1. The summed E-state index contributed by atoms with van der Waals surface area (Å²) in [5.41, 5.74) is -0.605. The van der Waals surface area contributed by atoms with Gasteiger partial charge in [0.25, 0.3) is 0 Å². The number of aromatic nitrogens is 10. The first-order valence-electron chi connectivity index (χ1n) is 26.8. The lowest BCUT2D eigenvalue weighted by atomic mass is 9.86. The molecule has 0 radical (unpaired) electrons. The summed E-state index contributed by atoms with van der Waals surface area (Å²) >= 11 is 0. The molecule has 0 spiro atoms. The number of hydrogen-bond acceptors (Lipinski definition) is 10. The molecule has 8 heterocycles. The third-order valence-corrected chi connectivity index (χ3v) is 16.4. The molecule has 6 aromatic heterocycles. The maximum atomic E-state index is 16.6. The van der Waals surface area contributed by atoms with E-state index < -0.39 is 58.4 Å². The fraction of sp³-hybridized carbons (Fsp3) is 0.367. The zero-order chi connectivity index (χ0) is 58.2. The minimum absolute atomic E-state index is 0.0000978. The number of benzene rings is 4. The maximum absolute atomic E-state index is 16.6. The van der Waals surface area contributed by atoms with Gasteiger partial charge in [0.15, 0.2) is 22.8 Å². The molecule has 12 rings (SSSR count). The topological polar surface area (TPSA) is 156 Å². The third kappa shape index (κ3) is 9.55. The van der Waals surface area contributed by atoms with E-state index in [4.69, 9.17) is 19.4 Å². The van der Waals surface area contributed by atoms with Crippen molar-refractivity contribution in [1.82, 2.24) is 49.1 Å². The maximum Gasteiger partial charge on any atom is 0.421 e. The van der Waals surface area contributed by atoms with Crippen molar-refractivity contribution in [2.45, 2.75) is 89.0 Å². The van der Waals surface area contributed by atoms with Crippen LogP contribution in [0.2, 0.25) is 0 Å². The van der Waals surface area contributed by atoms with Crippen molar-refractivity contribution in [2.75, 3.05) is 26.4 Å². The number of ether oxygens (including phenoxy) is 2. The smallest absolute Gasteiger partial charge is 0.381 e. The quantitative estimate of drug-likeness (QED) is 0.126. The molecule has 428 valence electrons. The highest BCUT2D eigenvalue weighted by atomic mass is 19.4. The Labute approximate surface area is 464 Å². The average Bonchev–Trinajstić information content (AvgIpc) is 2.28. The lowest BCUT2D eigenvalue weighted by Crippen LogP contribution is -2.40. The number of alkyl halides is 6. The Bertz CT molecular complexity index is 3690. The molecule has 2 saturated heterocycles. The van der Waals surface area contributed by atoms with Gasteiger partial charge in [0.05, 0.1) is 68.0 Å². The molecule has 4 atom stereocenters. The molecule has 0 aliphatic carbocycles. The minimum Gasteiger partial charge on any atom is -0.381 e. The molecule has 0 amide bonds. The lowest BCUT2D eigenvalue weighted by Gasteiger charge is -2.33. The second-order valence-corrected chi connectivity index (χ2v) is 21.6. The van der Waals surface area contributed by atoms with Gasteiger partial charge in [0.2, 0.25) is 0 Å². The predicted molar refractivity (Wildman–Crippen MR) is 291 cm³/mol. The van der Waals surface area contributed by atoms with Gasteiger partial charge >= 0.3 is 12.4 Å². The lowest BCUT2D eigenvalue weighted by molar-refractivity contribution is -0.259. The fourth-order valence-electron chi connectivity index (χ4n) is 12.1. The molecule has 10 aromatic rings. The normalized spacial score (nSPS) is 17.3. The molecular formula is C60H58F8N10O4. The largest absolute Gasteiger partial charge is 0.421 e. The van der Waals surface area contributed by atoms with Crippen LogP contribution >= 0.6 is 0 Å². The van der Waals surface area contributed by atoms with Crippen LogP contribution in [0.25, 0.3) is 66.4 Å². The van der Waals surface area contributed by atoms with Crippen LogP contribution in [0.4, 0.5) is 35.1 Å². The first-order valence-corrected chi connectivity index (χ1v) is 26.8. The molecular weight excluding hydrogens is 1080 g/mol. The Morgan fingerprint density at radius 3 is 1.21 bits per heavy atom. The van der Waals surface area contributed by atoms with E-state index in [0.717, 1.165) is 34.6 Å². The van der Waals surface area contributed by atoms with Crippen molar-refractivity contribution in [1.29, 1.82) is 0 Å². The Morgan fingerprint density at radius 1 is 0.537 bits per heavy atom. The number of hydrogen-bond donors (Lipinski definition) is 2. The highest BCUT2D eigenvalue weighted by molar-refractivity contribution is 6.08. The first kappa shape index (κ1) is 56.2. The number of aliphatic hydroxyl groups is 2. The average molecular weight is 1140 g/mol. The van der Waals surface area contributed by atoms with Gasteiger partial charge in [-0.3, -0.25) is 9.97 Å². The summed E-state index contributed by atoms with van der Waals surface area (Å²) < 4.78 is 135. The molecule has 82 heavy (non-hydrogen) atoms. The summed E-state index contributed by atoms with van der Waals surface area (Å²) in [5, 5.41) is 38.3. The second kappa shape index (κ2) is 21.3. The monoisotopic (exact) mass is 1130 g/mol. The van der Waals surface area contributed by atoms with E-state index in [1.807, 2.05) is 86.6 Å². The molecule has 4 aromatic carbocycles. The van der Waals surface area contributed by atoms with E-state index in [2.05, 4.69) is 20.6 Å².